The second-order valence-electron chi connectivity index (χ2n) is 4.76. The van der Waals surface area contributed by atoms with Crippen LogP contribution in [0.4, 0.5) is 0 Å². The Morgan fingerprint density at radius 2 is 2.24 bits per heavy atom. The van der Waals surface area contributed by atoms with Gasteiger partial charge in [-0.25, -0.2) is 0 Å². The van der Waals surface area contributed by atoms with Gasteiger partial charge in [0.15, 0.2) is 5.76 Å². The fourth-order valence-electron chi connectivity index (χ4n) is 2.20. The number of hydrogen-bond donors (Lipinski definition) is 2. The van der Waals surface area contributed by atoms with Crippen molar-refractivity contribution >= 4 is 5.91 Å². The van der Waals surface area contributed by atoms with Gasteiger partial charge in [-0.15, -0.1) is 0 Å². The summed E-state index contributed by atoms with van der Waals surface area (Å²) in [6.45, 7) is 2.28. The van der Waals surface area contributed by atoms with E-state index in [2.05, 4.69) is 10.5 Å². The van der Waals surface area contributed by atoms with Gasteiger partial charge in [0.05, 0.1) is 12.2 Å². The maximum absolute atomic E-state index is 11.9. The molecule has 1 heterocycles. The van der Waals surface area contributed by atoms with Crippen LogP contribution in [-0.4, -0.2) is 17.1 Å². The Kier molecular flexibility index (Phi) is 3.78. The molecule has 0 radical (unpaired) electrons. The standard InChI is InChI=1S/C12H19N3O2/c1-8-6-11(17-15-8)7-14-12(16)9-2-4-10(13)5-3-9/h6,9-10H,2-5,7,13H2,1H3,(H,14,16). The van der Waals surface area contributed by atoms with Crippen LogP contribution in [0.5, 0.6) is 0 Å². The highest BCUT2D eigenvalue weighted by Gasteiger charge is 2.24. The Bertz CT molecular complexity index is 381. The maximum atomic E-state index is 11.9. The number of nitrogens with two attached hydrogens (primary N) is 1. The molecular formula is C12H19N3O2. The molecule has 2 rings (SSSR count). The zero-order valence-corrected chi connectivity index (χ0v) is 10.1. The van der Waals surface area contributed by atoms with Gasteiger partial charge < -0.3 is 15.6 Å². The van der Waals surface area contributed by atoms with Gasteiger partial charge in [-0.05, 0) is 32.6 Å². The predicted octanol–water partition coefficient (Wildman–Crippen LogP) is 1.12. The monoisotopic (exact) mass is 237 g/mol. The van der Waals surface area contributed by atoms with Gasteiger partial charge in [0.25, 0.3) is 0 Å². The molecule has 17 heavy (non-hydrogen) atoms. The molecule has 1 aliphatic carbocycles. The number of aryl methyl sites for hydroxylation is 1. The smallest absolute Gasteiger partial charge is 0.223 e. The van der Waals surface area contributed by atoms with Gasteiger partial charge in [-0.3, -0.25) is 4.79 Å². The number of aromatic nitrogens is 1. The molecule has 1 aromatic rings. The van der Waals surface area contributed by atoms with E-state index < -0.39 is 0 Å². The van der Waals surface area contributed by atoms with Crippen LogP contribution in [0, 0.1) is 12.8 Å². The molecule has 0 saturated heterocycles. The number of carbonyl (C=O) groups is 1. The summed E-state index contributed by atoms with van der Waals surface area (Å²) in [5, 5.41) is 6.66. The summed E-state index contributed by atoms with van der Waals surface area (Å²) < 4.78 is 5.03. The van der Waals surface area contributed by atoms with Crippen molar-refractivity contribution in [2.24, 2.45) is 11.7 Å². The van der Waals surface area contributed by atoms with Crippen molar-refractivity contribution in [1.82, 2.24) is 10.5 Å². The average molecular weight is 237 g/mol. The van der Waals surface area contributed by atoms with Crippen LogP contribution in [0.1, 0.15) is 37.1 Å². The lowest BCUT2D eigenvalue weighted by Gasteiger charge is -2.24. The van der Waals surface area contributed by atoms with Crippen molar-refractivity contribution in [3.63, 3.8) is 0 Å². The zero-order chi connectivity index (χ0) is 12.3. The predicted molar refractivity (Wildman–Crippen MR) is 63.0 cm³/mol. The average Bonchev–Trinajstić information content (AvgIpc) is 2.73. The molecule has 0 atom stereocenters. The summed E-state index contributed by atoms with van der Waals surface area (Å²) in [4.78, 5) is 11.9. The fraction of sp³-hybridized carbons (Fsp3) is 0.667. The van der Waals surface area contributed by atoms with Crippen molar-refractivity contribution in [3.8, 4) is 0 Å². The molecule has 3 N–H and O–H groups in total. The molecule has 94 valence electrons. The molecule has 1 aliphatic rings. The first kappa shape index (κ1) is 12.1. The second kappa shape index (κ2) is 5.31. The van der Waals surface area contributed by atoms with Crippen LogP contribution < -0.4 is 11.1 Å². The lowest BCUT2D eigenvalue weighted by molar-refractivity contribution is -0.126. The van der Waals surface area contributed by atoms with Gasteiger partial charge in [-0.1, -0.05) is 5.16 Å². The second-order valence-corrected chi connectivity index (χ2v) is 4.76. The highest BCUT2D eigenvalue weighted by Crippen LogP contribution is 2.23. The summed E-state index contributed by atoms with van der Waals surface area (Å²) in [6, 6.07) is 2.10. The van der Waals surface area contributed by atoms with Crippen LogP contribution in [0.25, 0.3) is 0 Å². The van der Waals surface area contributed by atoms with E-state index in [9.17, 15) is 4.79 Å². The number of nitrogens with zero attached hydrogens (tertiary/aromatic N) is 1. The molecule has 1 amide bonds. The maximum Gasteiger partial charge on any atom is 0.223 e. The van der Waals surface area contributed by atoms with E-state index in [1.807, 2.05) is 13.0 Å². The Balaban J connectivity index is 1.77. The van der Waals surface area contributed by atoms with E-state index in [1.54, 1.807) is 0 Å². The van der Waals surface area contributed by atoms with Crippen LogP contribution in [-0.2, 0) is 11.3 Å². The number of amides is 1. The molecule has 0 aromatic carbocycles. The lowest BCUT2D eigenvalue weighted by atomic mass is 9.86. The van der Waals surface area contributed by atoms with Crippen molar-refractivity contribution in [3.05, 3.63) is 17.5 Å². The topological polar surface area (TPSA) is 81.2 Å². The summed E-state index contributed by atoms with van der Waals surface area (Å²) >= 11 is 0. The third-order valence-electron chi connectivity index (χ3n) is 3.26. The Morgan fingerprint density at radius 1 is 1.53 bits per heavy atom. The van der Waals surface area contributed by atoms with Gasteiger partial charge >= 0.3 is 0 Å². The molecule has 0 unspecified atom stereocenters. The van der Waals surface area contributed by atoms with Gasteiger partial charge in [0, 0.05) is 18.0 Å². The Hall–Kier alpha value is -1.36. The van der Waals surface area contributed by atoms with E-state index in [1.165, 1.54) is 0 Å². The van der Waals surface area contributed by atoms with Crippen LogP contribution in [0.3, 0.4) is 0 Å². The molecule has 5 nitrogen and oxygen atoms in total. The van der Waals surface area contributed by atoms with Crippen molar-refractivity contribution in [1.29, 1.82) is 0 Å². The minimum Gasteiger partial charge on any atom is -0.359 e. The summed E-state index contributed by atoms with van der Waals surface area (Å²) in [6.07, 6.45) is 3.67. The zero-order valence-electron chi connectivity index (χ0n) is 10.1. The highest BCUT2D eigenvalue weighted by molar-refractivity contribution is 5.78. The molecule has 1 saturated carbocycles. The van der Waals surface area contributed by atoms with Crippen molar-refractivity contribution < 1.29 is 9.32 Å². The molecule has 0 aliphatic heterocycles. The fourth-order valence-corrected chi connectivity index (χ4v) is 2.20. The van der Waals surface area contributed by atoms with Crippen molar-refractivity contribution in [2.75, 3.05) is 0 Å². The molecule has 1 aromatic heterocycles. The minimum absolute atomic E-state index is 0.103. The first-order chi connectivity index (χ1) is 8.15. The lowest BCUT2D eigenvalue weighted by Crippen LogP contribution is -2.35. The van der Waals surface area contributed by atoms with Crippen LogP contribution in [0.15, 0.2) is 10.6 Å². The number of rotatable bonds is 3. The van der Waals surface area contributed by atoms with Crippen LogP contribution in [0.2, 0.25) is 0 Å². The third kappa shape index (κ3) is 3.30. The van der Waals surface area contributed by atoms with E-state index in [-0.39, 0.29) is 17.9 Å². The third-order valence-corrected chi connectivity index (χ3v) is 3.26. The summed E-state index contributed by atoms with van der Waals surface area (Å²) in [5.41, 5.74) is 6.64. The van der Waals surface area contributed by atoms with E-state index in [4.69, 9.17) is 10.3 Å². The quantitative estimate of drug-likeness (QED) is 0.825. The van der Waals surface area contributed by atoms with Gasteiger partial charge in [0.2, 0.25) is 5.91 Å². The molecule has 0 bridgehead atoms. The molecule has 0 spiro atoms. The SMILES string of the molecule is Cc1cc(CNC(=O)C2CCC(N)CC2)on1. The molecular weight excluding hydrogens is 218 g/mol. The van der Waals surface area contributed by atoms with E-state index in [0.29, 0.717) is 12.3 Å². The number of hydrogen-bond acceptors (Lipinski definition) is 4. The van der Waals surface area contributed by atoms with E-state index in [0.717, 1.165) is 31.4 Å². The van der Waals surface area contributed by atoms with E-state index >= 15 is 0 Å². The molecule has 1 fully saturated rings. The highest BCUT2D eigenvalue weighted by atomic mass is 16.5. The minimum atomic E-state index is 0.103. The normalized spacial score (nSPS) is 24.6. The summed E-state index contributed by atoms with van der Waals surface area (Å²) in [7, 11) is 0. The first-order valence-corrected chi connectivity index (χ1v) is 6.10. The first-order valence-electron chi connectivity index (χ1n) is 6.10. The van der Waals surface area contributed by atoms with Gasteiger partial charge in [0.1, 0.15) is 0 Å². The molecule has 5 heteroatoms. The largest absolute Gasteiger partial charge is 0.359 e. The summed E-state index contributed by atoms with van der Waals surface area (Å²) in [5.74, 6) is 0.910. The van der Waals surface area contributed by atoms with Gasteiger partial charge in [-0.2, -0.15) is 0 Å². The Labute approximate surface area is 101 Å². The number of nitrogens with one attached hydrogen (secondary N) is 1. The number of carbonyl (C=O) groups excluding carboxylic acids is 1. The Morgan fingerprint density at radius 3 is 2.82 bits per heavy atom. The van der Waals surface area contributed by atoms with Crippen molar-refractivity contribution in [2.45, 2.75) is 45.2 Å². The van der Waals surface area contributed by atoms with Crippen LogP contribution >= 0.6 is 0 Å².